The quantitative estimate of drug-likeness (QED) is 0.693. The molecule has 1 aliphatic rings. The van der Waals surface area contributed by atoms with E-state index < -0.39 is 0 Å². The second-order valence-corrected chi connectivity index (χ2v) is 4.53. The van der Waals surface area contributed by atoms with Crippen LogP contribution in [0.3, 0.4) is 0 Å². The number of nitrogens with two attached hydrogens (primary N) is 1. The van der Waals surface area contributed by atoms with Crippen LogP contribution < -0.4 is 16.4 Å². The van der Waals surface area contributed by atoms with Gasteiger partial charge in [0.1, 0.15) is 0 Å². The van der Waals surface area contributed by atoms with Crippen molar-refractivity contribution in [3.05, 3.63) is 17.7 Å². The predicted molar refractivity (Wildman–Crippen MR) is 72.8 cm³/mol. The Morgan fingerprint density at radius 2 is 2.33 bits per heavy atom. The van der Waals surface area contributed by atoms with Crippen LogP contribution in [0.25, 0.3) is 0 Å². The van der Waals surface area contributed by atoms with Gasteiger partial charge in [0.05, 0.1) is 24.4 Å². The number of benzene rings is 1. The van der Waals surface area contributed by atoms with Crippen molar-refractivity contribution in [1.82, 2.24) is 0 Å². The number of rotatable bonds is 5. The molecule has 1 unspecified atom stereocenters. The smallest absolute Gasteiger partial charge is 0.228 e. The Morgan fingerprint density at radius 1 is 1.56 bits per heavy atom. The van der Waals surface area contributed by atoms with Crippen LogP contribution in [-0.2, 0) is 16.0 Å². The van der Waals surface area contributed by atoms with Gasteiger partial charge < -0.3 is 21.1 Å². The van der Waals surface area contributed by atoms with Crippen LogP contribution in [-0.4, -0.2) is 25.7 Å². The summed E-state index contributed by atoms with van der Waals surface area (Å²) < 4.78 is 5.14. The van der Waals surface area contributed by atoms with E-state index in [1.165, 1.54) is 0 Å². The molecule has 1 aliphatic heterocycles. The van der Waals surface area contributed by atoms with E-state index in [4.69, 9.17) is 10.5 Å². The molecule has 0 aliphatic carbocycles. The van der Waals surface area contributed by atoms with Crippen LogP contribution in [0.2, 0.25) is 0 Å². The molecule has 5 heteroatoms. The number of nitrogens with one attached hydrogen (secondary N) is 2. The van der Waals surface area contributed by atoms with E-state index >= 15 is 0 Å². The SMILES string of the molecule is CCC(COC)Nc1cc2c(cc1N)CC(=O)N2. The molecule has 5 nitrogen and oxygen atoms in total. The lowest BCUT2D eigenvalue weighted by atomic mass is 10.1. The van der Waals surface area contributed by atoms with Gasteiger partial charge in [-0.15, -0.1) is 0 Å². The third-order valence-corrected chi connectivity index (χ3v) is 3.12. The van der Waals surface area contributed by atoms with Gasteiger partial charge in [0.2, 0.25) is 5.91 Å². The first kappa shape index (κ1) is 12.7. The summed E-state index contributed by atoms with van der Waals surface area (Å²) in [4.78, 5) is 11.3. The third kappa shape index (κ3) is 2.56. The van der Waals surface area contributed by atoms with Gasteiger partial charge >= 0.3 is 0 Å². The fourth-order valence-corrected chi connectivity index (χ4v) is 2.10. The highest BCUT2D eigenvalue weighted by Crippen LogP contribution is 2.31. The largest absolute Gasteiger partial charge is 0.397 e. The van der Waals surface area contributed by atoms with Crippen LogP contribution >= 0.6 is 0 Å². The molecule has 1 atom stereocenters. The van der Waals surface area contributed by atoms with Crippen LogP contribution in [0.15, 0.2) is 12.1 Å². The number of amides is 1. The van der Waals surface area contributed by atoms with Gasteiger partial charge in [-0.3, -0.25) is 4.79 Å². The van der Waals surface area contributed by atoms with Crippen molar-refractivity contribution in [3.63, 3.8) is 0 Å². The minimum Gasteiger partial charge on any atom is -0.397 e. The lowest BCUT2D eigenvalue weighted by Gasteiger charge is -2.19. The van der Waals surface area contributed by atoms with Crippen LogP contribution in [0.1, 0.15) is 18.9 Å². The molecule has 1 amide bonds. The van der Waals surface area contributed by atoms with Gasteiger partial charge in [0.15, 0.2) is 0 Å². The molecule has 98 valence electrons. The van der Waals surface area contributed by atoms with Crippen molar-refractivity contribution in [2.45, 2.75) is 25.8 Å². The van der Waals surface area contributed by atoms with E-state index in [0.717, 1.165) is 23.4 Å². The first-order valence-corrected chi connectivity index (χ1v) is 6.11. The number of ether oxygens (including phenoxy) is 1. The average Bonchev–Trinajstić information content (AvgIpc) is 2.68. The summed E-state index contributed by atoms with van der Waals surface area (Å²) in [5.41, 5.74) is 9.32. The molecule has 0 fully saturated rings. The maximum atomic E-state index is 11.3. The first-order chi connectivity index (χ1) is 8.63. The summed E-state index contributed by atoms with van der Waals surface area (Å²) in [6.45, 7) is 2.71. The van der Waals surface area contributed by atoms with Gasteiger partial charge in [-0.2, -0.15) is 0 Å². The number of nitrogen functional groups attached to an aromatic ring is 1. The summed E-state index contributed by atoms with van der Waals surface area (Å²) in [5, 5.41) is 6.16. The molecule has 1 aromatic carbocycles. The number of hydrogen-bond acceptors (Lipinski definition) is 4. The molecule has 4 N–H and O–H groups in total. The van der Waals surface area contributed by atoms with Crippen molar-refractivity contribution in [1.29, 1.82) is 0 Å². The topological polar surface area (TPSA) is 76.4 Å². The van der Waals surface area contributed by atoms with Crippen molar-refractivity contribution in [2.75, 3.05) is 30.1 Å². The average molecular weight is 249 g/mol. The number of carbonyl (C=O) groups excluding carboxylic acids is 1. The van der Waals surface area contributed by atoms with Gasteiger partial charge in [0.25, 0.3) is 0 Å². The molecule has 0 spiro atoms. The van der Waals surface area contributed by atoms with Gasteiger partial charge in [-0.25, -0.2) is 0 Å². The Morgan fingerprint density at radius 3 is 3.00 bits per heavy atom. The summed E-state index contributed by atoms with van der Waals surface area (Å²) in [6.07, 6.45) is 1.35. The van der Waals surface area contributed by atoms with E-state index in [2.05, 4.69) is 17.6 Å². The highest BCUT2D eigenvalue weighted by atomic mass is 16.5. The maximum absolute atomic E-state index is 11.3. The van der Waals surface area contributed by atoms with Crippen molar-refractivity contribution in [2.24, 2.45) is 0 Å². The van der Waals surface area contributed by atoms with E-state index in [1.807, 2.05) is 12.1 Å². The standard InChI is InChI=1S/C13H19N3O2/c1-3-9(7-18-2)15-12-6-11-8(4-10(12)14)5-13(17)16-11/h4,6,9,15H,3,5,7,14H2,1-2H3,(H,16,17). The molecular weight excluding hydrogens is 230 g/mol. The fraction of sp³-hybridized carbons (Fsp3) is 0.462. The summed E-state index contributed by atoms with van der Waals surface area (Å²) >= 11 is 0. The molecule has 0 bridgehead atoms. The first-order valence-electron chi connectivity index (χ1n) is 6.11. The molecule has 2 rings (SSSR count). The van der Waals surface area contributed by atoms with E-state index in [9.17, 15) is 4.79 Å². The summed E-state index contributed by atoms with van der Waals surface area (Å²) in [7, 11) is 1.68. The number of anilines is 3. The molecule has 0 saturated carbocycles. The van der Waals surface area contributed by atoms with Gasteiger partial charge in [-0.05, 0) is 24.1 Å². The van der Waals surface area contributed by atoms with Crippen LogP contribution in [0, 0.1) is 0 Å². The zero-order valence-electron chi connectivity index (χ0n) is 10.7. The Hall–Kier alpha value is -1.75. The Bertz CT molecular complexity index is 460. The predicted octanol–water partition coefficient (Wildman–Crippen LogP) is 1.60. The molecule has 0 radical (unpaired) electrons. The minimum absolute atomic E-state index is 0.0190. The number of carbonyl (C=O) groups is 1. The van der Waals surface area contributed by atoms with Crippen LogP contribution in [0.5, 0.6) is 0 Å². The number of methoxy groups -OCH3 is 1. The van der Waals surface area contributed by atoms with Gasteiger partial charge in [-0.1, -0.05) is 6.92 Å². The molecule has 0 saturated heterocycles. The van der Waals surface area contributed by atoms with Crippen molar-refractivity contribution < 1.29 is 9.53 Å². The van der Waals surface area contributed by atoms with Crippen LogP contribution in [0.4, 0.5) is 17.1 Å². The molecule has 1 aromatic rings. The highest BCUT2D eigenvalue weighted by molar-refractivity contribution is 6.00. The normalized spacial score (nSPS) is 15.1. The van der Waals surface area contributed by atoms with E-state index in [-0.39, 0.29) is 11.9 Å². The van der Waals surface area contributed by atoms with E-state index in [1.54, 1.807) is 7.11 Å². The lowest BCUT2D eigenvalue weighted by Crippen LogP contribution is -2.24. The second-order valence-electron chi connectivity index (χ2n) is 4.53. The molecule has 0 aromatic heterocycles. The zero-order chi connectivity index (χ0) is 13.1. The Labute approximate surface area is 107 Å². The maximum Gasteiger partial charge on any atom is 0.228 e. The minimum atomic E-state index is 0.0190. The molecular formula is C13H19N3O2. The Balaban J connectivity index is 2.19. The number of hydrogen-bond donors (Lipinski definition) is 3. The summed E-state index contributed by atoms with van der Waals surface area (Å²) in [5.74, 6) is 0.0190. The van der Waals surface area contributed by atoms with E-state index in [0.29, 0.717) is 18.7 Å². The van der Waals surface area contributed by atoms with Crippen molar-refractivity contribution in [3.8, 4) is 0 Å². The monoisotopic (exact) mass is 249 g/mol. The molecule has 1 heterocycles. The second kappa shape index (κ2) is 5.27. The van der Waals surface area contributed by atoms with Crippen molar-refractivity contribution >= 4 is 23.0 Å². The summed E-state index contributed by atoms with van der Waals surface area (Å²) in [6, 6.07) is 3.97. The number of fused-ring (bicyclic) bond motifs is 1. The Kier molecular flexibility index (Phi) is 3.72. The van der Waals surface area contributed by atoms with Gasteiger partial charge in [0, 0.05) is 18.8 Å². The lowest BCUT2D eigenvalue weighted by molar-refractivity contribution is -0.115. The molecule has 18 heavy (non-hydrogen) atoms. The third-order valence-electron chi connectivity index (χ3n) is 3.12. The fourth-order valence-electron chi connectivity index (χ4n) is 2.10. The zero-order valence-corrected chi connectivity index (χ0v) is 10.7. The highest BCUT2D eigenvalue weighted by Gasteiger charge is 2.20.